The van der Waals surface area contributed by atoms with Crippen molar-refractivity contribution in [3.05, 3.63) is 22.4 Å². The van der Waals surface area contributed by atoms with Gasteiger partial charge in [-0.2, -0.15) is 0 Å². The standard InChI is InChI=1S/C13H18N2OS/c16-13(12-2-1-9-17-12)15-7-5-14(6-8-15)10-11-3-4-11/h1-2,9,11H,3-8,10H2. The fourth-order valence-corrected chi connectivity index (χ4v) is 3.05. The molecule has 0 bridgehead atoms. The average molecular weight is 250 g/mol. The topological polar surface area (TPSA) is 23.6 Å². The molecular weight excluding hydrogens is 232 g/mol. The second-order valence-corrected chi connectivity index (χ2v) is 5.96. The van der Waals surface area contributed by atoms with Crippen LogP contribution in [0.2, 0.25) is 0 Å². The molecule has 2 heterocycles. The van der Waals surface area contributed by atoms with Gasteiger partial charge in [0, 0.05) is 32.7 Å². The summed E-state index contributed by atoms with van der Waals surface area (Å²) in [5.41, 5.74) is 0. The lowest BCUT2D eigenvalue weighted by atomic mass is 10.2. The van der Waals surface area contributed by atoms with Crippen molar-refractivity contribution < 1.29 is 4.79 Å². The summed E-state index contributed by atoms with van der Waals surface area (Å²) in [5.74, 6) is 1.17. The number of hydrogen-bond donors (Lipinski definition) is 0. The molecule has 3 nitrogen and oxygen atoms in total. The van der Waals surface area contributed by atoms with Crippen LogP contribution in [0.5, 0.6) is 0 Å². The summed E-state index contributed by atoms with van der Waals surface area (Å²) in [6.45, 7) is 5.13. The molecule has 0 unspecified atom stereocenters. The van der Waals surface area contributed by atoms with E-state index in [0.717, 1.165) is 37.0 Å². The summed E-state index contributed by atoms with van der Waals surface area (Å²) >= 11 is 1.54. The van der Waals surface area contributed by atoms with E-state index in [1.807, 2.05) is 22.4 Å². The third kappa shape index (κ3) is 2.69. The van der Waals surface area contributed by atoms with Crippen LogP contribution in [0.3, 0.4) is 0 Å². The average Bonchev–Trinajstić information content (AvgIpc) is 3.00. The Hall–Kier alpha value is -0.870. The molecule has 1 amide bonds. The van der Waals surface area contributed by atoms with Crippen LogP contribution in [-0.2, 0) is 0 Å². The van der Waals surface area contributed by atoms with Gasteiger partial charge in [0.15, 0.2) is 0 Å². The molecule has 0 radical (unpaired) electrons. The first-order chi connectivity index (χ1) is 8.33. The van der Waals surface area contributed by atoms with Gasteiger partial charge in [-0.1, -0.05) is 6.07 Å². The van der Waals surface area contributed by atoms with E-state index in [0.29, 0.717) is 0 Å². The van der Waals surface area contributed by atoms with Crippen LogP contribution in [0.15, 0.2) is 17.5 Å². The Kier molecular flexibility index (Phi) is 3.16. The van der Waals surface area contributed by atoms with Crippen molar-refractivity contribution in [2.24, 2.45) is 5.92 Å². The summed E-state index contributed by atoms with van der Waals surface area (Å²) in [6.07, 6.45) is 2.82. The van der Waals surface area contributed by atoms with Crippen LogP contribution >= 0.6 is 11.3 Å². The second kappa shape index (κ2) is 4.78. The van der Waals surface area contributed by atoms with Crippen molar-refractivity contribution in [3.63, 3.8) is 0 Å². The molecule has 1 aliphatic carbocycles. The third-order valence-electron chi connectivity index (χ3n) is 3.60. The van der Waals surface area contributed by atoms with Gasteiger partial charge in [0.1, 0.15) is 0 Å². The Morgan fingerprint density at radius 1 is 1.29 bits per heavy atom. The third-order valence-corrected chi connectivity index (χ3v) is 4.46. The maximum Gasteiger partial charge on any atom is 0.264 e. The summed E-state index contributed by atoms with van der Waals surface area (Å²) in [7, 11) is 0. The predicted octanol–water partition coefficient (Wildman–Crippen LogP) is 1.92. The summed E-state index contributed by atoms with van der Waals surface area (Å²) in [5, 5.41) is 1.97. The summed E-state index contributed by atoms with van der Waals surface area (Å²) in [6, 6.07) is 3.87. The molecule has 0 N–H and O–H groups in total. The second-order valence-electron chi connectivity index (χ2n) is 5.01. The van der Waals surface area contributed by atoms with E-state index < -0.39 is 0 Å². The normalized spacial score (nSPS) is 21.8. The molecule has 1 saturated carbocycles. The highest BCUT2D eigenvalue weighted by Gasteiger charge is 2.27. The molecule has 0 aromatic carbocycles. The Labute approximate surface area is 106 Å². The molecule has 0 spiro atoms. The molecule has 2 aliphatic rings. The molecule has 17 heavy (non-hydrogen) atoms. The first kappa shape index (κ1) is 11.2. The number of carbonyl (C=O) groups is 1. The smallest absolute Gasteiger partial charge is 0.264 e. The van der Waals surface area contributed by atoms with E-state index in [1.165, 1.54) is 19.4 Å². The van der Waals surface area contributed by atoms with Gasteiger partial charge in [-0.3, -0.25) is 9.69 Å². The van der Waals surface area contributed by atoms with Crippen molar-refractivity contribution >= 4 is 17.2 Å². The summed E-state index contributed by atoms with van der Waals surface area (Å²) < 4.78 is 0. The highest BCUT2D eigenvalue weighted by atomic mass is 32.1. The van der Waals surface area contributed by atoms with Crippen molar-refractivity contribution in [2.75, 3.05) is 32.7 Å². The lowest BCUT2D eigenvalue weighted by molar-refractivity contribution is 0.0637. The quantitative estimate of drug-likeness (QED) is 0.818. The molecule has 92 valence electrons. The fraction of sp³-hybridized carbons (Fsp3) is 0.615. The van der Waals surface area contributed by atoms with Crippen molar-refractivity contribution in [3.8, 4) is 0 Å². The highest BCUT2D eigenvalue weighted by Crippen LogP contribution is 2.30. The zero-order chi connectivity index (χ0) is 11.7. The first-order valence-electron chi connectivity index (χ1n) is 6.38. The number of amides is 1. The summed E-state index contributed by atoms with van der Waals surface area (Å²) in [4.78, 5) is 17.5. The van der Waals surface area contributed by atoms with Gasteiger partial charge in [0.25, 0.3) is 5.91 Å². The zero-order valence-electron chi connectivity index (χ0n) is 9.97. The minimum atomic E-state index is 0.214. The van der Waals surface area contributed by atoms with Crippen molar-refractivity contribution in [2.45, 2.75) is 12.8 Å². The van der Waals surface area contributed by atoms with Crippen LogP contribution in [0.4, 0.5) is 0 Å². The number of hydrogen-bond acceptors (Lipinski definition) is 3. The van der Waals surface area contributed by atoms with E-state index in [9.17, 15) is 4.79 Å². The lowest BCUT2D eigenvalue weighted by Crippen LogP contribution is -2.49. The van der Waals surface area contributed by atoms with E-state index in [2.05, 4.69) is 4.90 Å². The van der Waals surface area contributed by atoms with Crippen molar-refractivity contribution in [1.29, 1.82) is 0 Å². The number of carbonyl (C=O) groups excluding carboxylic acids is 1. The first-order valence-corrected chi connectivity index (χ1v) is 7.26. The Balaban J connectivity index is 1.52. The SMILES string of the molecule is O=C(c1cccs1)N1CCN(CC2CC2)CC1. The van der Waals surface area contributed by atoms with Gasteiger partial charge in [-0.15, -0.1) is 11.3 Å². The molecular formula is C13H18N2OS. The fourth-order valence-electron chi connectivity index (χ4n) is 2.36. The predicted molar refractivity (Wildman–Crippen MR) is 69.4 cm³/mol. The van der Waals surface area contributed by atoms with Gasteiger partial charge in [0.05, 0.1) is 4.88 Å². The largest absolute Gasteiger partial charge is 0.335 e. The number of thiophene rings is 1. The van der Waals surface area contributed by atoms with Crippen LogP contribution in [-0.4, -0.2) is 48.4 Å². The zero-order valence-corrected chi connectivity index (χ0v) is 10.8. The monoisotopic (exact) mass is 250 g/mol. The molecule has 1 aromatic rings. The molecule has 2 fully saturated rings. The maximum atomic E-state index is 12.1. The van der Waals surface area contributed by atoms with Crippen molar-refractivity contribution in [1.82, 2.24) is 9.80 Å². The minimum absolute atomic E-state index is 0.214. The van der Waals surface area contributed by atoms with Crippen LogP contribution in [0.1, 0.15) is 22.5 Å². The molecule has 1 aliphatic heterocycles. The van der Waals surface area contributed by atoms with E-state index in [-0.39, 0.29) is 5.91 Å². The van der Waals surface area contributed by atoms with E-state index in [4.69, 9.17) is 0 Å². The van der Waals surface area contributed by atoms with Gasteiger partial charge in [-0.05, 0) is 30.2 Å². The minimum Gasteiger partial charge on any atom is -0.335 e. The molecule has 4 heteroatoms. The number of nitrogens with zero attached hydrogens (tertiary/aromatic N) is 2. The Morgan fingerprint density at radius 2 is 2.06 bits per heavy atom. The Bertz CT molecular complexity index is 378. The lowest BCUT2D eigenvalue weighted by Gasteiger charge is -2.34. The molecule has 1 aromatic heterocycles. The molecule has 3 rings (SSSR count). The van der Waals surface area contributed by atoms with Gasteiger partial charge < -0.3 is 4.90 Å². The number of piperazine rings is 1. The van der Waals surface area contributed by atoms with Gasteiger partial charge in [0.2, 0.25) is 0 Å². The number of rotatable bonds is 3. The van der Waals surface area contributed by atoms with E-state index >= 15 is 0 Å². The van der Waals surface area contributed by atoms with Crippen LogP contribution in [0, 0.1) is 5.92 Å². The molecule has 1 saturated heterocycles. The Morgan fingerprint density at radius 3 is 2.65 bits per heavy atom. The van der Waals surface area contributed by atoms with E-state index in [1.54, 1.807) is 11.3 Å². The maximum absolute atomic E-state index is 12.1. The van der Waals surface area contributed by atoms with Crippen LogP contribution < -0.4 is 0 Å². The molecule has 0 atom stereocenters. The van der Waals surface area contributed by atoms with Crippen LogP contribution in [0.25, 0.3) is 0 Å². The highest BCUT2D eigenvalue weighted by molar-refractivity contribution is 7.12. The van der Waals surface area contributed by atoms with Gasteiger partial charge >= 0.3 is 0 Å². The van der Waals surface area contributed by atoms with Gasteiger partial charge in [-0.25, -0.2) is 0 Å².